The quantitative estimate of drug-likeness (QED) is 0.546. The lowest BCUT2D eigenvalue weighted by Gasteiger charge is -2.26. The van der Waals surface area contributed by atoms with Gasteiger partial charge in [-0.1, -0.05) is 6.08 Å². The van der Waals surface area contributed by atoms with Crippen molar-refractivity contribution in [3.05, 3.63) is 23.3 Å². The van der Waals surface area contributed by atoms with E-state index in [-0.39, 0.29) is 60.0 Å². The Morgan fingerprint density at radius 3 is 2.89 bits per heavy atom. The zero-order chi connectivity index (χ0) is 11.7. The average molecular weight is 258 g/mol. The predicted octanol–water partition coefficient (Wildman–Crippen LogP) is -0.543. The summed E-state index contributed by atoms with van der Waals surface area (Å²) in [7, 11) is 0. The highest BCUT2D eigenvalue weighted by atomic mass is 16.7. The first-order chi connectivity index (χ1) is 9.34. The Morgan fingerprint density at radius 1 is 0.895 bits per heavy atom. The van der Waals surface area contributed by atoms with Crippen molar-refractivity contribution >= 4 is 0 Å². The van der Waals surface area contributed by atoms with Crippen molar-refractivity contribution in [3.8, 4) is 0 Å². The summed E-state index contributed by atoms with van der Waals surface area (Å²) < 4.78 is 29.6. The van der Waals surface area contributed by atoms with Crippen molar-refractivity contribution in [2.75, 3.05) is 0 Å². The third-order valence-electron chi connectivity index (χ3n) is 6.24. The fourth-order valence-electron chi connectivity index (χ4n) is 5.16. The highest BCUT2D eigenvalue weighted by Crippen LogP contribution is 2.75. The van der Waals surface area contributed by atoms with E-state index in [0.29, 0.717) is 0 Å². The van der Waals surface area contributed by atoms with Crippen LogP contribution in [0.3, 0.4) is 0 Å². The Hall–Kier alpha value is -0.720. The summed E-state index contributed by atoms with van der Waals surface area (Å²) in [6, 6.07) is 0. The molecule has 0 amide bonds. The first-order valence-corrected chi connectivity index (χ1v) is 7.10. The van der Waals surface area contributed by atoms with Gasteiger partial charge in [-0.3, -0.25) is 0 Å². The van der Waals surface area contributed by atoms with E-state index < -0.39 is 0 Å². The first-order valence-electron chi connectivity index (χ1n) is 7.10. The van der Waals surface area contributed by atoms with Crippen LogP contribution in [0, 0.1) is 0 Å². The molecule has 5 heterocycles. The molecule has 8 rings (SSSR count). The van der Waals surface area contributed by atoms with Gasteiger partial charge in [0.05, 0.1) is 0 Å². The molecular formula is C14H10O5. The molecule has 3 aliphatic carbocycles. The predicted molar refractivity (Wildman–Crippen MR) is 57.4 cm³/mol. The van der Waals surface area contributed by atoms with Crippen molar-refractivity contribution in [2.24, 2.45) is 0 Å². The number of hydrogen-bond donors (Lipinski definition) is 0. The van der Waals surface area contributed by atoms with Crippen molar-refractivity contribution in [1.82, 2.24) is 0 Å². The molecule has 8 aliphatic rings. The van der Waals surface area contributed by atoms with E-state index in [1.54, 1.807) is 0 Å². The monoisotopic (exact) mass is 258 g/mol. The smallest absolute Gasteiger partial charge is 0.152 e. The summed E-state index contributed by atoms with van der Waals surface area (Å²) in [6.07, 6.45) is 6.33. The van der Waals surface area contributed by atoms with E-state index in [1.165, 1.54) is 11.1 Å². The lowest BCUT2D eigenvalue weighted by molar-refractivity contribution is 0.233. The van der Waals surface area contributed by atoms with Gasteiger partial charge >= 0.3 is 0 Å². The Bertz CT molecular complexity index is 669. The molecule has 96 valence electrons. The lowest BCUT2D eigenvalue weighted by atomic mass is 9.69. The second-order valence-electron chi connectivity index (χ2n) is 6.95. The van der Waals surface area contributed by atoms with Crippen LogP contribution in [-0.4, -0.2) is 60.0 Å². The largest absolute Gasteiger partial charge is 0.363 e. The molecule has 5 heteroatoms. The van der Waals surface area contributed by atoms with Crippen LogP contribution in [0.15, 0.2) is 23.3 Å². The third-order valence-corrected chi connectivity index (χ3v) is 6.24. The maximum atomic E-state index is 6.21. The Labute approximate surface area is 108 Å². The second kappa shape index (κ2) is 1.96. The van der Waals surface area contributed by atoms with E-state index in [9.17, 15) is 0 Å². The van der Waals surface area contributed by atoms with E-state index in [2.05, 4.69) is 12.2 Å². The molecular weight excluding hydrogens is 248 g/mol. The molecule has 2 spiro atoms. The molecule has 0 aromatic carbocycles. The van der Waals surface area contributed by atoms with Crippen LogP contribution in [0.5, 0.6) is 0 Å². The van der Waals surface area contributed by atoms with Gasteiger partial charge in [0.2, 0.25) is 0 Å². The molecule has 5 saturated heterocycles. The third kappa shape index (κ3) is 0.642. The molecule has 19 heavy (non-hydrogen) atoms. The molecule has 10 unspecified atom stereocenters. The van der Waals surface area contributed by atoms with E-state index in [1.807, 2.05) is 0 Å². The van der Waals surface area contributed by atoms with E-state index >= 15 is 0 Å². The fourth-order valence-corrected chi connectivity index (χ4v) is 5.16. The highest BCUT2D eigenvalue weighted by Gasteiger charge is 2.92. The maximum Gasteiger partial charge on any atom is 0.152 e. The van der Waals surface area contributed by atoms with Gasteiger partial charge in [0, 0.05) is 0 Å². The van der Waals surface area contributed by atoms with Gasteiger partial charge in [0.1, 0.15) is 48.8 Å². The van der Waals surface area contributed by atoms with Crippen LogP contribution in [0.2, 0.25) is 0 Å². The minimum atomic E-state index is -0.226. The van der Waals surface area contributed by atoms with Gasteiger partial charge in [-0.25, -0.2) is 0 Å². The topological polar surface area (TPSA) is 62.6 Å². The number of hydrogen-bond acceptors (Lipinski definition) is 5. The summed E-state index contributed by atoms with van der Waals surface area (Å²) in [5.74, 6) is 0. The summed E-state index contributed by atoms with van der Waals surface area (Å²) in [5.41, 5.74) is 2.11. The van der Waals surface area contributed by atoms with Gasteiger partial charge in [-0.05, 0) is 17.2 Å². The van der Waals surface area contributed by atoms with Crippen LogP contribution in [0.1, 0.15) is 0 Å². The summed E-state index contributed by atoms with van der Waals surface area (Å²) in [6.45, 7) is 0. The van der Waals surface area contributed by atoms with Crippen molar-refractivity contribution < 1.29 is 23.7 Å². The molecule has 0 N–H and O–H groups in total. The summed E-state index contributed by atoms with van der Waals surface area (Å²) in [4.78, 5) is 0. The van der Waals surface area contributed by atoms with Crippen LogP contribution < -0.4 is 0 Å². The standard InChI is InChI=1S/C14H10O5/c1-3-2-5-7(15-5)11-13(3,18-11)12-14(19-12)4(1)6-8(16-6)9-10(14)17-9/h1-2,5-12H. The average Bonchev–Trinajstić information content (AvgIpc) is 3.20. The van der Waals surface area contributed by atoms with Crippen molar-refractivity contribution in [1.29, 1.82) is 0 Å². The normalized spacial score (nSPS) is 77.5. The molecule has 10 atom stereocenters. The van der Waals surface area contributed by atoms with Crippen LogP contribution in [0.4, 0.5) is 0 Å². The number of fused-ring (bicyclic) bond motifs is 6. The molecule has 0 radical (unpaired) electrons. The molecule has 0 aromatic rings. The minimum absolute atomic E-state index is 0.126. The molecule has 5 aliphatic heterocycles. The lowest BCUT2D eigenvalue weighted by Crippen LogP contribution is -2.45. The molecule has 5 nitrogen and oxygen atoms in total. The van der Waals surface area contributed by atoms with Crippen molar-refractivity contribution in [3.63, 3.8) is 0 Å². The van der Waals surface area contributed by atoms with Gasteiger partial charge in [0.15, 0.2) is 11.2 Å². The Morgan fingerprint density at radius 2 is 1.89 bits per heavy atom. The number of rotatable bonds is 0. The Balaban J connectivity index is 1.42. The fraction of sp³-hybridized carbons (Fsp3) is 0.714. The van der Waals surface area contributed by atoms with E-state index in [0.717, 1.165) is 0 Å². The first kappa shape index (κ1) is 8.54. The Kier molecular flexibility index (Phi) is 0.883. The van der Waals surface area contributed by atoms with Crippen LogP contribution >= 0.6 is 0 Å². The van der Waals surface area contributed by atoms with Crippen LogP contribution in [-0.2, 0) is 23.7 Å². The second-order valence-corrected chi connectivity index (χ2v) is 6.95. The van der Waals surface area contributed by atoms with Gasteiger partial charge in [-0.2, -0.15) is 0 Å². The molecule has 1 saturated carbocycles. The summed E-state index contributed by atoms with van der Waals surface area (Å²) >= 11 is 0. The molecule has 0 aromatic heterocycles. The summed E-state index contributed by atoms with van der Waals surface area (Å²) in [5, 5.41) is 0. The molecule has 6 fully saturated rings. The maximum absolute atomic E-state index is 6.21. The minimum Gasteiger partial charge on any atom is -0.363 e. The van der Waals surface area contributed by atoms with Crippen molar-refractivity contribution in [2.45, 2.75) is 60.0 Å². The highest BCUT2D eigenvalue weighted by molar-refractivity contribution is 5.62. The van der Waals surface area contributed by atoms with Gasteiger partial charge in [0.25, 0.3) is 0 Å². The van der Waals surface area contributed by atoms with Gasteiger partial charge < -0.3 is 23.7 Å². The molecule has 0 bridgehead atoms. The zero-order valence-electron chi connectivity index (χ0n) is 9.81. The number of ether oxygens (including phenoxy) is 5. The van der Waals surface area contributed by atoms with Crippen LogP contribution in [0.25, 0.3) is 0 Å². The zero-order valence-corrected chi connectivity index (χ0v) is 9.81. The SMILES string of the molecule is C1=C2C=C3C4OC4C4OC4C34OC4C23OC3C2OC12. The number of epoxide rings is 5. The van der Waals surface area contributed by atoms with E-state index in [4.69, 9.17) is 23.7 Å². The van der Waals surface area contributed by atoms with Gasteiger partial charge in [-0.15, -0.1) is 0 Å².